The summed E-state index contributed by atoms with van der Waals surface area (Å²) in [7, 11) is 1.62. The molecule has 1 unspecified atom stereocenters. The number of carbonyl (C=O) groups is 2. The SMILES string of the molecule is CC(CN(C)C(=O)N[C@@H](C)c1ccc2c(c1)CCCC2)C(=O)O. The molecule has 126 valence electrons. The van der Waals surface area contributed by atoms with E-state index >= 15 is 0 Å². The van der Waals surface area contributed by atoms with Crippen molar-refractivity contribution in [2.75, 3.05) is 13.6 Å². The molecule has 0 aromatic heterocycles. The molecule has 2 atom stereocenters. The Morgan fingerprint density at radius 1 is 1.22 bits per heavy atom. The average molecular weight is 318 g/mol. The molecule has 23 heavy (non-hydrogen) atoms. The Kier molecular flexibility index (Phi) is 5.64. The molecule has 0 fully saturated rings. The van der Waals surface area contributed by atoms with E-state index in [9.17, 15) is 9.59 Å². The molecule has 0 saturated heterocycles. The van der Waals surface area contributed by atoms with E-state index in [1.165, 1.54) is 28.9 Å². The van der Waals surface area contributed by atoms with Gasteiger partial charge >= 0.3 is 12.0 Å². The predicted molar refractivity (Wildman–Crippen MR) is 89.5 cm³/mol. The van der Waals surface area contributed by atoms with Crippen molar-refractivity contribution < 1.29 is 14.7 Å². The summed E-state index contributed by atoms with van der Waals surface area (Å²) < 4.78 is 0. The molecule has 1 aliphatic rings. The lowest BCUT2D eigenvalue weighted by atomic mass is 9.89. The van der Waals surface area contributed by atoms with Crippen LogP contribution >= 0.6 is 0 Å². The number of hydrogen-bond acceptors (Lipinski definition) is 2. The van der Waals surface area contributed by atoms with Crippen molar-refractivity contribution in [2.24, 2.45) is 5.92 Å². The smallest absolute Gasteiger partial charge is 0.317 e. The second-order valence-electron chi connectivity index (χ2n) is 6.53. The monoisotopic (exact) mass is 318 g/mol. The zero-order valence-electron chi connectivity index (χ0n) is 14.1. The highest BCUT2D eigenvalue weighted by Gasteiger charge is 2.19. The zero-order valence-corrected chi connectivity index (χ0v) is 14.1. The van der Waals surface area contributed by atoms with Crippen molar-refractivity contribution in [3.63, 3.8) is 0 Å². The first-order valence-corrected chi connectivity index (χ1v) is 8.24. The third-order valence-electron chi connectivity index (χ3n) is 4.53. The van der Waals surface area contributed by atoms with E-state index in [0.717, 1.165) is 18.4 Å². The van der Waals surface area contributed by atoms with Crippen LogP contribution in [0.1, 0.15) is 49.4 Å². The summed E-state index contributed by atoms with van der Waals surface area (Å²) in [5, 5.41) is 11.9. The van der Waals surface area contributed by atoms with Crippen molar-refractivity contribution in [3.8, 4) is 0 Å². The van der Waals surface area contributed by atoms with Gasteiger partial charge in [-0.3, -0.25) is 4.79 Å². The normalized spacial score (nSPS) is 16.1. The highest BCUT2D eigenvalue weighted by Crippen LogP contribution is 2.24. The van der Waals surface area contributed by atoms with E-state index in [2.05, 4.69) is 23.5 Å². The number of benzene rings is 1. The van der Waals surface area contributed by atoms with E-state index in [-0.39, 0.29) is 18.6 Å². The number of carbonyl (C=O) groups excluding carboxylic acids is 1. The van der Waals surface area contributed by atoms with E-state index < -0.39 is 11.9 Å². The molecule has 0 bridgehead atoms. The van der Waals surface area contributed by atoms with Gasteiger partial charge in [-0.1, -0.05) is 25.1 Å². The third kappa shape index (κ3) is 4.47. The lowest BCUT2D eigenvalue weighted by Crippen LogP contribution is -2.41. The number of nitrogens with zero attached hydrogens (tertiary/aromatic N) is 1. The van der Waals surface area contributed by atoms with Gasteiger partial charge in [0.05, 0.1) is 12.0 Å². The second kappa shape index (κ2) is 7.49. The van der Waals surface area contributed by atoms with Crippen LogP contribution in [-0.4, -0.2) is 35.6 Å². The first-order chi connectivity index (χ1) is 10.9. The van der Waals surface area contributed by atoms with Gasteiger partial charge < -0.3 is 15.3 Å². The molecule has 1 aromatic carbocycles. The molecule has 0 aliphatic heterocycles. The van der Waals surface area contributed by atoms with Gasteiger partial charge in [-0.05, 0) is 49.3 Å². The molecule has 0 saturated carbocycles. The van der Waals surface area contributed by atoms with Gasteiger partial charge in [-0.25, -0.2) is 4.79 Å². The Morgan fingerprint density at radius 3 is 2.52 bits per heavy atom. The van der Waals surface area contributed by atoms with Crippen LogP contribution in [0.25, 0.3) is 0 Å². The standard InChI is InChI=1S/C18H26N2O3/c1-12(17(21)22)11-20(3)18(23)19-13(2)15-9-8-14-6-4-5-7-16(14)10-15/h8-10,12-13H,4-7,11H2,1-3H3,(H,19,23)(H,21,22)/t12?,13-/m0/s1. The number of urea groups is 1. The summed E-state index contributed by atoms with van der Waals surface area (Å²) >= 11 is 0. The van der Waals surface area contributed by atoms with Crippen molar-refractivity contribution >= 4 is 12.0 Å². The van der Waals surface area contributed by atoms with E-state index in [0.29, 0.717) is 0 Å². The fraction of sp³-hybridized carbons (Fsp3) is 0.556. The number of aryl methyl sites for hydroxylation is 2. The Hall–Kier alpha value is -2.04. The lowest BCUT2D eigenvalue weighted by molar-refractivity contribution is -0.141. The van der Waals surface area contributed by atoms with Crippen LogP contribution in [0.4, 0.5) is 4.79 Å². The van der Waals surface area contributed by atoms with Gasteiger partial charge in [0.25, 0.3) is 0 Å². The minimum absolute atomic E-state index is 0.0997. The van der Waals surface area contributed by atoms with Crippen LogP contribution in [-0.2, 0) is 17.6 Å². The fourth-order valence-corrected chi connectivity index (χ4v) is 2.97. The summed E-state index contributed by atoms with van der Waals surface area (Å²) in [5.74, 6) is -1.47. The molecule has 2 rings (SSSR count). The molecule has 1 aromatic rings. The van der Waals surface area contributed by atoms with Gasteiger partial charge in [0.15, 0.2) is 0 Å². The van der Waals surface area contributed by atoms with Crippen molar-refractivity contribution in [2.45, 2.75) is 45.6 Å². The van der Waals surface area contributed by atoms with Crippen LogP contribution in [0.5, 0.6) is 0 Å². The first kappa shape index (κ1) is 17.3. The minimum Gasteiger partial charge on any atom is -0.481 e. The van der Waals surface area contributed by atoms with E-state index in [4.69, 9.17) is 5.11 Å². The van der Waals surface area contributed by atoms with Crippen LogP contribution in [0, 0.1) is 5.92 Å². The molecule has 0 heterocycles. The van der Waals surface area contributed by atoms with Gasteiger partial charge in [0.2, 0.25) is 0 Å². The highest BCUT2D eigenvalue weighted by atomic mass is 16.4. The van der Waals surface area contributed by atoms with Gasteiger partial charge in [0, 0.05) is 13.6 Å². The molecular formula is C18H26N2O3. The largest absolute Gasteiger partial charge is 0.481 e. The zero-order chi connectivity index (χ0) is 17.0. The third-order valence-corrected chi connectivity index (χ3v) is 4.53. The molecule has 5 heteroatoms. The molecule has 2 N–H and O–H groups in total. The minimum atomic E-state index is -0.896. The Balaban J connectivity index is 1.96. The number of rotatable bonds is 5. The average Bonchev–Trinajstić information content (AvgIpc) is 2.53. The maximum absolute atomic E-state index is 12.2. The summed E-state index contributed by atoms with van der Waals surface area (Å²) in [6, 6.07) is 6.09. The number of hydrogen-bond donors (Lipinski definition) is 2. The predicted octanol–water partition coefficient (Wildman–Crippen LogP) is 2.99. The molecule has 2 amide bonds. The van der Waals surface area contributed by atoms with Crippen molar-refractivity contribution in [1.82, 2.24) is 10.2 Å². The summed E-state index contributed by atoms with van der Waals surface area (Å²) in [6.45, 7) is 3.74. The molecule has 1 aliphatic carbocycles. The summed E-state index contributed by atoms with van der Waals surface area (Å²) in [5.41, 5.74) is 3.91. The van der Waals surface area contributed by atoms with E-state index in [1.807, 2.05) is 6.92 Å². The Bertz CT molecular complexity index is 586. The van der Waals surface area contributed by atoms with Crippen molar-refractivity contribution in [3.05, 3.63) is 34.9 Å². The van der Waals surface area contributed by atoms with Crippen LogP contribution in [0.2, 0.25) is 0 Å². The van der Waals surface area contributed by atoms with E-state index in [1.54, 1.807) is 14.0 Å². The quantitative estimate of drug-likeness (QED) is 0.877. The van der Waals surface area contributed by atoms with Crippen LogP contribution < -0.4 is 5.32 Å². The summed E-state index contributed by atoms with van der Waals surface area (Å²) in [4.78, 5) is 24.5. The van der Waals surface area contributed by atoms with Crippen molar-refractivity contribution in [1.29, 1.82) is 0 Å². The van der Waals surface area contributed by atoms with Gasteiger partial charge in [-0.15, -0.1) is 0 Å². The summed E-state index contributed by atoms with van der Waals surface area (Å²) in [6.07, 6.45) is 4.74. The maximum atomic E-state index is 12.2. The topological polar surface area (TPSA) is 69.6 Å². The number of carboxylic acid groups (broad SMARTS) is 1. The number of aliphatic carboxylic acids is 1. The molecule has 0 radical (unpaired) electrons. The maximum Gasteiger partial charge on any atom is 0.317 e. The molecular weight excluding hydrogens is 292 g/mol. The Labute approximate surface area is 137 Å². The van der Waals surface area contributed by atoms with Gasteiger partial charge in [0.1, 0.15) is 0 Å². The highest BCUT2D eigenvalue weighted by molar-refractivity contribution is 5.76. The Morgan fingerprint density at radius 2 is 1.87 bits per heavy atom. The molecule has 0 spiro atoms. The second-order valence-corrected chi connectivity index (χ2v) is 6.53. The number of fused-ring (bicyclic) bond motifs is 1. The first-order valence-electron chi connectivity index (χ1n) is 8.24. The van der Waals surface area contributed by atoms with Crippen LogP contribution in [0.15, 0.2) is 18.2 Å². The van der Waals surface area contributed by atoms with Crippen LogP contribution in [0.3, 0.4) is 0 Å². The fourth-order valence-electron chi connectivity index (χ4n) is 2.97. The van der Waals surface area contributed by atoms with Gasteiger partial charge in [-0.2, -0.15) is 0 Å². The number of amides is 2. The molecule has 5 nitrogen and oxygen atoms in total. The number of nitrogens with one attached hydrogen (secondary N) is 1. The number of carboxylic acids is 1. The lowest BCUT2D eigenvalue weighted by Gasteiger charge is -2.24.